The molecular weight excluding hydrogens is 737 g/mol. The lowest BCUT2D eigenvalue weighted by molar-refractivity contribution is 1.21. The van der Waals surface area contributed by atoms with Crippen LogP contribution in [0.25, 0.3) is 98.0 Å². The summed E-state index contributed by atoms with van der Waals surface area (Å²) < 4.78 is 0. The van der Waals surface area contributed by atoms with E-state index in [0.717, 1.165) is 28.0 Å². The van der Waals surface area contributed by atoms with Crippen molar-refractivity contribution in [2.45, 2.75) is 0 Å². The van der Waals surface area contributed by atoms with Crippen molar-refractivity contribution in [3.8, 4) is 33.4 Å². The number of benzene rings is 11. The van der Waals surface area contributed by atoms with Crippen molar-refractivity contribution in [1.82, 2.24) is 4.98 Å². The number of fused-ring (bicyclic) bond motifs is 10. The number of hydrogen-bond donors (Lipinski definition) is 0. The molecule has 0 saturated carbocycles. The number of pyridine rings is 1. The first kappa shape index (κ1) is 34.9. The van der Waals surface area contributed by atoms with Crippen molar-refractivity contribution in [2.24, 2.45) is 0 Å². The number of aromatic nitrogens is 1. The van der Waals surface area contributed by atoms with Crippen molar-refractivity contribution < 1.29 is 0 Å². The van der Waals surface area contributed by atoms with Crippen LogP contribution >= 0.6 is 0 Å². The van der Waals surface area contributed by atoms with Gasteiger partial charge in [0.2, 0.25) is 0 Å². The Kier molecular flexibility index (Phi) is 8.21. The summed E-state index contributed by atoms with van der Waals surface area (Å²) in [4.78, 5) is 7.60. The van der Waals surface area contributed by atoms with Gasteiger partial charge in [0.25, 0.3) is 0 Å². The summed E-state index contributed by atoms with van der Waals surface area (Å²) in [5.41, 5.74) is 9.38. The minimum atomic E-state index is 0.894. The van der Waals surface area contributed by atoms with Crippen molar-refractivity contribution in [2.75, 3.05) is 4.90 Å². The first-order chi connectivity index (χ1) is 30.3. The minimum Gasteiger partial charge on any atom is -0.294 e. The third kappa shape index (κ3) is 5.68. The first-order valence-electron chi connectivity index (χ1n) is 21.0. The standard InChI is InChI=1S/C59H38N2/c1-4-18-39(19-5-1)52-38-53(40-20-6-2-7-21-40)57-50-31-17-15-29-48(50)54-37-44(32-33-51(54)58(57)56(52)42-23-8-3-9-24-42)61(59-46-27-13-10-22-41(46)34-35-60-59)55-36-43-25-11-12-26-45(43)47-28-14-16-30-49(47)55/h1-38H. The molecule has 0 radical (unpaired) electrons. The molecule has 0 aliphatic rings. The van der Waals surface area contributed by atoms with Gasteiger partial charge < -0.3 is 0 Å². The molecule has 2 nitrogen and oxygen atoms in total. The second-order valence-corrected chi connectivity index (χ2v) is 15.8. The van der Waals surface area contributed by atoms with Crippen LogP contribution in [0.1, 0.15) is 0 Å². The van der Waals surface area contributed by atoms with Crippen LogP contribution in [-0.2, 0) is 0 Å². The van der Waals surface area contributed by atoms with E-state index >= 15 is 0 Å². The summed E-state index contributed by atoms with van der Waals surface area (Å²) in [7, 11) is 0. The maximum absolute atomic E-state index is 5.21. The highest BCUT2D eigenvalue weighted by molar-refractivity contribution is 6.33. The zero-order valence-corrected chi connectivity index (χ0v) is 33.3. The van der Waals surface area contributed by atoms with Crippen LogP contribution in [0.15, 0.2) is 231 Å². The lowest BCUT2D eigenvalue weighted by atomic mass is 9.81. The molecule has 0 fully saturated rings. The molecule has 2 heteroatoms. The Morgan fingerprint density at radius 3 is 1.54 bits per heavy atom. The fraction of sp³-hybridized carbons (Fsp3) is 0. The Hall–Kier alpha value is -8.07. The van der Waals surface area contributed by atoms with Crippen LogP contribution in [0.4, 0.5) is 17.2 Å². The number of hydrogen-bond acceptors (Lipinski definition) is 2. The van der Waals surface area contributed by atoms with Crippen LogP contribution in [0.5, 0.6) is 0 Å². The second kappa shape index (κ2) is 14.3. The monoisotopic (exact) mass is 774 g/mol. The molecule has 0 N–H and O–H groups in total. The smallest absolute Gasteiger partial charge is 0.145 e. The maximum atomic E-state index is 5.21. The zero-order chi connectivity index (χ0) is 40.3. The molecule has 0 spiro atoms. The van der Waals surface area contributed by atoms with Gasteiger partial charge in [0.05, 0.1) is 5.69 Å². The lowest BCUT2D eigenvalue weighted by Crippen LogP contribution is -2.13. The van der Waals surface area contributed by atoms with Crippen LogP contribution in [0.2, 0.25) is 0 Å². The quantitative estimate of drug-likeness (QED) is 0.156. The minimum absolute atomic E-state index is 0.894. The van der Waals surface area contributed by atoms with Crippen LogP contribution in [0.3, 0.4) is 0 Å². The van der Waals surface area contributed by atoms with Gasteiger partial charge in [-0.2, -0.15) is 0 Å². The van der Waals surface area contributed by atoms with E-state index in [9.17, 15) is 0 Å². The molecule has 0 atom stereocenters. The second-order valence-electron chi connectivity index (χ2n) is 15.8. The van der Waals surface area contributed by atoms with Crippen molar-refractivity contribution in [3.05, 3.63) is 231 Å². The molecule has 284 valence electrons. The van der Waals surface area contributed by atoms with Crippen molar-refractivity contribution in [3.63, 3.8) is 0 Å². The van der Waals surface area contributed by atoms with Crippen LogP contribution in [-0.4, -0.2) is 4.98 Å². The molecule has 11 aromatic carbocycles. The van der Waals surface area contributed by atoms with Gasteiger partial charge in [-0.3, -0.25) is 4.90 Å². The third-order valence-electron chi connectivity index (χ3n) is 12.4. The van der Waals surface area contributed by atoms with E-state index in [4.69, 9.17) is 4.98 Å². The van der Waals surface area contributed by atoms with E-state index in [1.165, 1.54) is 87.2 Å². The topological polar surface area (TPSA) is 16.1 Å². The van der Waals surface area contributed by atoms with E-state index in [0.29, 0.717) is 0 Å². The normalized spacial score (nSPS) is 11.6. The zero-order valence-electron chi connectivity index (χ0n) is 33.3. The molecule has 0 bridgehead atoms. The summed E-state index contributed by atoms with van der Waals surface area (Å²) in [5.74, 6) is 0.894. The molecule has 61 heavy (non-hydrogen) atoms. The summed E-state index contributed by atoms with van der Waals surface area (Å²) in [6.45, 7) is 0. The van der Waals surface area contributed by atoms with Gasteiger partial charge in [0.1, 0.15) is 5.82 Å². The molecule has 0 saturated heterocycles. The number of anilines is 3. The average molecular weight is 775 g/mol. The summed E-state index contributed by atoms with van der Waals surface area (Å²) in [5, 5.41) is 14.4. The molecule has 0 aliphatic heterocycles. The molecule has 12 aromatic rings. The van der Waals surface area contributed by atoms with Gasteiger partial charge in [-0.1, -0.05) is 194 Å². The molecule has 0 aliphatic carbocycles. The van der Waals surface area contributed by atoms with E-state index in [1.54, 1.807) is 0 Å². The Balaban J connectivity index is 1.25. The van der Waals surface area contributed by atoms with Gasteiger partial charge >= 0.3 is 0 Å². The largest absolute Gasteiger partial charge is 0.294 e. The van der Waals surface area contributed by atoms with Crippen molar-refractivity contribution >= 4 is 81.8 Å². The van der Waals surface area contributed by atoms with Crippen LogP contribution in [0, 0.1) is 0 Å². The predicted octanol–water partition coefficient (Wildman–Crippen LogP) is 16.5. The van der Waals surface area contributed by atoms with E-state index < -0.39 is 0 Å². The van der Waals surface area contributed by atoms with Gasteiger partial charge in [-0.05, 0) is 118 Å². The molecule has 1 aromatic heterocycles. The average Bonchev–Trinajstić information content (AvgIpc) is 3.34. The van der Waals surface area contributed by atoms with Crippen molar-refractivity contribution in [1.29, 1.82) is 0 Å². The summed E-state index contributed by atoms with van der Waals surface area (Å²) in [6, 6.07) is 81.8. The SMILES string of the molecule is c1ccc(-c2cc(-c3ccccc3)c3c4ccccc4c4cc(N(c5nccc6ccccc56)c5cc6ccccc6c6ccccc56)ccc4c3c2-c2ccccc2)cc1. The maximum Gasteiger partial charge on any atom is 0.145 e. The molecule has 0 unspecified atom stereocenters. The van der Waals surface area contributed by atoms with Gasteiger partial charge in [0.15, 0.2) is 0 Å². The molecule has 1 heterocycles. The number of rotatable bonds is 6. The molecule has 12 rings (SSSR count). The Morgan fingerprint density at radius 1 is 0.311 bits per heavy atom. The predicted molar refractivity (Wildman–Crippen MR) is 260 cm³/mol. The first-order valence-corrected chi connectivity index (χ1v) is 21.0. The number of nitrogens with zero attached hydrogens (tertiary/aromatic N) is 2. The Bertz CT molecular complexity index is 3630. The van der Waals surface area contributed by atoms with Crippen LogP contribution < -0.4 is 4.90 Å². The molecular formula is C59H38N2. The highest BCUT2D eigenvalue weighted by Crippen LogP contribution is 2.51. The van der Waals surface area contributed by atoms with E-state index in [1.807, 2.05) is 6.20 Å². The highest BCUT2D eigenvalue weighted by Gasteiger charge is 2.24. The summed E-state index contributed by atoms with van der Waals surface area (Å²) >= 11 is 0. The Morgan fingerprint density at radius 2 is 0.836 bits per heavy atom. The molecule has 0 amide bonds. The summed E-state index contributed by atoms with van der Waals surface area (Å²) in [6.07, 6.45) is 1.94. The van der Waals surface area contributed by atoms with Gasteiger partial charge in [-0.15, -0.1) is 0 Å². The van der Waals surface area contributed by atoms with E-state index in [2.05, 4.69) is 229 Å². The fourth-order valence-electron chi connectivity index (χ4n) is 9.75. The highest BCUT2D eigenvalue weighted by atomic mass is 15.2. The fourth-order valence-corrected chi connectivity index (χ4v) is 9.75. The van der Waals surface area contributed by atoms with Gasteiger partial charge in [-0.25, -0.2) is 4.98 Å². The Labute approximate surface area is 354 Å². The lowest BCUT2D eigenvalue weighted by Gasteiger charge is -2.28. The van der Waals surface area contributed by atoms with Gasteiger partial charge in [0, 0.05) is 22.7 Å². The van der Waals surface area contributed by atoms with E-state index in [-0.39, 0.29) is 0 Å². The third-order valence-corrected chi connectivity index (χ3v) is 12.4.